The lowest BCUT2D eigenvalue weighted by atomic mass is 10.0. The van der Waals surface area contributed by atoms with Gasteiger partial charge in [-0.15, -0.1) is 12.4 Å². The van der Waals surface area contributed by atoms with Gasteiger partial charge in [0.25, 0.3) is 0 Å². The fraction of sp³-hybridized carbons (Fsp3) is 0.929. The van der Waals surface area contributed by atoms with Crippen molar-refractivity contribution < 1.29 is 4.79 Å². The number of carbonyl (C=O) groups is 1. The lowest BCUT2D eigenvalue weighted by molar-refractivity contribution is -0.121. The first-order valence-corrected chi connectivity index (χ1v) is 7.05. The van der Waals surface area contributed by atoms with Gasteiger partial charge in [0.2, 0.25) is 5.91 Å². The summed E-state index contributed by atoms with van der Waals surface area (Å²) in [4.78, 5) is 11.6. The van der Waals surface area contributed by atoms with Crippen molar-refractivity contribution in [2.75, 3.05) is 6.54 Å². The third-order valence-electron chi connectivity index (χ3n) is 2.94. The molecule has 1 atom stereocenters. The van der Waals surface area contributed by atoms with E-state index in [0.717, 1.165) is 38.6 Å². The van der Waals surface area contributed by atoms with Crippen molar-refractivity contribution in [3.05, 3.63) is 0 Å². The molecule has 0 rings (SSSR count). The molecule has 0 aliphatic carbocycles. The second-order valence-electron chi connectivity index (χ2n) is 5.39. The minimum Gasteiger partial charge on any atom is -0.354 e. The van der Waals surface area contributed by atoms with Crippen molar-refractivity contribution in [1.82, 2.24) is 5.32 Å². The van der Waals surface area contributed by atoms with Crippen LogP contribution in [0.5, 0.6) is 0 Å². The van der Waals surface area contributed by atoms with Crippen molar-refractivity contribution in [1.29, 1.82) is 0 Å². The van der Waals surface area contributed by atoms with Gasteiger partial charge in [-0.1, -0.05) is 26.7 Å². The highest BCUT2D eigenvalue weighted by Gasteiger charge is 2.07. The molecule has 0 spiro atoms. The Morgan fingerprint density at radius 1 is 1.06 bits per heavy atom. The maximum absolute atomic E-state index is 11.6. The molecule has 4 heteroatoms. The summed E-state index contributed by atoms with van der Waals surface area (Å²) in [5.41, 5.74) is 5.41. The number of rotatable bonds is 10. The third kappa shape index (κ3) is 13.8. The molecule has 0 fully saturated rings. The molecule has 110 valence electrons. The highest BCUT2D eigenvalue weighted by Crippen LogP contribution is 2.07. The van der Waals surface area contributed by atoms with Gasteiger partial charge in [-0.05, 0) is 45.1 Å². The Morgan fingerprint density at radius 3 is 2.22 bits per heavy atom. The molecule has 0 bridgehead atoms. The van der Waals surface area contributed by atoms with Gasteiger partial charge in [-0.25, -0.2) is 0 Å². The minimum atomic E-state index is 0. The predicted octanol–water partition coefficient (Wildman–Crippen LogP) is 3.26. The minimum absolute atomic E-state index is 0. The average molecular weight is 279 g/mol. The maximum Gasteiger partial charge on any atom is 0.220 e. The Hall–Kier alpha value is -0.280. The molecule has 0 aromatic carbocycles. The molecule has 0 saturated carbocycles. The van der Waals surface area contributed by atoms with E-state index in [4.69, 9.17) is 5.73 Å². The van der Waals surface area contributed by atoms with Gasteiger partial charge in [0, 0.05) is 12.5 Å². The van der Waals surface area contributed by atoms with Crippen LogP contribution in [0.2, 0.25) is 0 Å². The van der Waals surface area contributed by atoms with Gasteiger partial charge >= 0.3 is 0 Å². The SMILES string of the molecule is CC(C)CCC(C)NC(=O)CCCCCCN.Cl. The lowest BCUT2D eigenvalue weighted by Gasteiger charge is -2.15. The van der Waals surface area contributed by atoms with Crippen molar-refractivity contribution in [3.63, 3.8) is 0 Å². The molecule has 0 heterocycles. The first-order valence-electron chi connectivity index (χ1n) is 7.05. The highest BCUT2D eigenvalue weighted by atomic mass is 35.5. The molecular weight excluding hydrogens is 248 g/mol. The molecule has 0 saturated heterocycles. The van der Waals surface area contributed by atoms with E-state index >= 15 is 0 Å². The fourth-order valence-electron chi connectivity index (χ4n) is 1.79. The quantitative estimate of drug-likeness (QED) is 0.603. The Morgan fingerprint density at radius 2 is 1.67 bits per heavy atom. The predicted molar refractivity (Wildman–Crippen MR) is 81.1 cm³/mol. The van der Waals surface area contributed by atoms with Crippen molar-refractivity contribution in [3.8, 4) is 0 Å². The Balaban J connectivity index is 0. The van der Waals surface area contributed by atoms with E-state index < -0.39 is 0 Å². The van der Waals surface area contributed by atoms with Crippen LogP contribution < -0.4 is 11.1 Å². The molecule has 0 aliphatic rings. The Bertz CT molecular complexity index is 198. The van der Waals surface area contributed by atoms with Crippen LogP contribution >= 0.6 is 12.4 Å². The molecule has 3 N–H and O–H groups in total. The summed E-state index contributed by atoms with van der Waals surface area (Å²) in [6, 6.07) is 0.314. The molecule has 0 aromatic heterocycles. The number of nitrogens with two attached hydrogens (primary N) is 1. The monoisotopic (exact) mass is 278 g/mol. The fourth-order valence-corrected chi connectivity index (χ4v) is 1.79. The van der Waals surface area contributed by atoms with E-state index in [-0.39, 0.29) is 18.3 Å². The van der Waals surface area contributed by atoms with Crippen molar-refractivity contribution in [2.24, 2.45) is 11.7 Å². The van der Waals surface area contributed by atoms with E-state index in [1.807, 2.05) is 0 Å². The van der Waals surface area contributed by atoms with Gasteiger partial charge in [0.15, 0.2) is 0 Å². The van der Waals surface area contributed by atoms with Crippen LogP contribution in [0.3, 0.4) is 0 Å². The second-order valence-corrected chi connectivity index (χ2v) is 5.39. The molecular formula is C14H31ClN2O. The van der Waals surface area contributed by atoms with Crippen molar-refractivity contribution in [2.45, 2.75) is 71.8 Å². The molecule has 0 aromatic rings. The van der Waals surface area contributed by atoms with Crippen LogP contribution in [0.4, 0.5) is 0 Å². The van der Waals surface area contributed by atoms with E-state index in [2.05, 4.69) is 26.1 Å². The van der Waals surface area contributed by atoms with Gasteiger partial charge in [-0.3, -0.25) is 4.79 Å². The molecule has 0 radical (unpaired) electrons. The molecule has 1 unspecified atom stereocenters. The molecule has 3 nitrogen and oxygen atoms in total. The summed E-state index contributed by atoms with van der Waals surface area (Å²) >= 11 is 0. The number of unbranched alkanes of at least 4 members (excludes halogenated alkanes) is 3. The van der Waals surface area contributed by atoms with E-state index in [0.29, 0.717) is 18.4 Å². The zero-order valence-corrected chi connectivity index (χ0v) is 13.0. The standard InChI is InChI=1S/C14H30N2O.ClH/c1-12(2)9-10-13(3)16-14(17)8-6-4-5-7-11-15;/h12-13H,4-11,15H2,1-3H3,(H,16,17);1H. The molecule has 0 aliphatic heterocycles. The summed E-state index contributed by atoms with van der Waals surface area (Å²) in [6.07, 6.45) is 7.25. The number of hydrogen-bond donors (Lipinski definition) is 2. The summed E-state index contributed by atoms with van der Waals surface area (Å²) in [5, 5.41) is 3.06. The lowest BCUT2D eigenvalue weighted by Crippen LogP contribution is -2.32. The van der Waals surface area contributed by atoms with Gasteiger partial charge in [0.1, 0.15) is 0 Å². The second kappa shape index (κ2) is 13.2. The normalized spacial score (nSPS) is 12.1. The van der Waals surface area contributed by atoms with Gasteiger partial charge in [0.05, 0.1) is 0 Å². The van der Waals surface area contributed by atoms with E-state index in [1.54, 1.807) is 0 Å². The molecule has 18 heavy (non-hydrogen) atoms. The number of halogens is 1. The van der Waals surface area contributed by atoms with Gasteiger partial charge in [-0.2, -0.15) is 0 Å². The van der Waals surface area contributed by atoms with E-state index in [9.17, 15) is 4.79 Å². The van der Waals surface area contributed by atoms with Crippen LogP contribution in [-0.2, 0) is 4.79 Å². The summed E-state index contributed by atoms with van der Waals surface area (Å²) in [6.45, 7) is 7.28. The van der Waals surface area contributed by atoms with Crippen LogP contribution in [0, 0.1) is 5.92 Å². The molecule has 1 amide bonds. The summed E-state index contributed by atoms with van der Waals surface area (Å²) < 4.78 is 0. The van der Waals surface area contributed by atoms with Crippen LogP contribution in [0.15, 0.2) is 0 Å². The zero-order valence-electron chi connectivity index (χ0n) is 12.2. The van der Waals surface area contributed by atoms with Crippen LogP contribution in [0.25, 0.3) is 0 Å². The first-order chi connectivity index (χ1) is 8.06. The number of hydrogen-bond acceptors (Lipinski definition) is 2. The van der Waals surface area contributed by atoms with E-state index in [1.165, 1.54) is 6.42 Å². The smallest absolute Gasteiger partial charge is 0.220 e. The Kier molecular flexibility index (Phi) is 14.7. The zero-order chi connectivity index (χ0) is 13.1. The van der Waals surface area contributed by atoms with Crippen LogP contribution in [0.1, 0.15) is 65.7 Å². The first kappa shape index (κ1) is 20.0. The highest BCUT2D eigenvalue weighted by molar-refractivity contribution is 5.85. The average Bonchev–Trinajstić information content (AvgIpc) is 2.26. The number of nitrogens with one attached hydrogen (secondary N) is 1. The van der Waals surface area contributed by atoms with Gasteiger partial charge < -0.3 is 11.1 Å². The summed E-state index contributed by atoms with van der Waals surface area (Å²) in [7, 11) is 0. The summed E-state index contributed by atoms with van der Waals surface area (Å²) in [5.74, 6) is 0.916. The number of carbonyl (C=O) groups excluding carboxylic acids is 1. The Labute approximate surface area is 119 Å². The van der Waals surface area contributed by atoms with Crippen molar-refractivity contribution >= 4 is 18.3 Å². The largest absolute Gasteiger partial charge is 0.354 e. The third-order valence-corrected chi connectivity index (χ3v) is 2.94. The maximum atomic E-state index is 11.6. The van der Waals surface area contributed by atoms with Crippen LogP contribution in [-0.4, -0.2) is 18.5 Å². The number of amides is 1. The topological polar surface area (TPSA) is 55.1 Å².